The standard InChI is InChI=1S/C18H16FN3OS/c1-11(2)16-15(12-6-4-3-5-7-12)21-18(24-16)22-17(23)13-8-9-20-14(19)10-13/h3-11H,1-2H3,(H,21,22,23). The van der Waals surface area contributed by atoms with Crippen LogP contribution in [0.1, 0.15) is 35.0 Å². The molecule has 0 saturated heterocycles. The van der Waals surface area contributed by atoms with E-state index in [1.807, 2.05) is 30.3 Å². The second-order valence-electron chi connectivity index (χ2n) is 5.57. The normalized spacial score (nSPS) is 10.8. The van der Waals surface area contributed by atoms with Crippen LogP contribution in [-0.4, -0.2) is 15.9 Å². The molecule has 0 aliphatic carbocycles. The zero-order chi connectivity index (χ0) is 17.1. The number of nitrogens with zero attached hydrogens (tertiary/aromatic N) is 2. The van der Waals surface area contributed by atoms with E-state index in [-0.39, 0.29) is 11.5 Å². The summed E-state index contributed by atoms with van der Waals surface area (Å²) >= 11 is 1.44. The molecule has 1 N–H and O–H groups in total. The third-order valence-corrected chi connectivity index (χ3v) is 4.71. The third-order valence-electron chi connectivity index (χ3n) is 3.43. The van der Waals surface area contributed by atoms with Crippen molar-refractivity contribution in [3.05, 3.63) is 65.0 Å². The number of nitrogens with one attached hydrogen (secondary N) is 1. The summed E-state index contributed by atoms with van der Waals surface area (Å²) in [7, 11) is 0. The second kappa shape index (κ2) is 6.88. The molecular formula is C18H16FN3OS. The molecule has 6 heteroatoms. The van der Waals surface area contributed by atoms with Crippen LogP contribution in [0.2, 0.25) is 0 Å². The molecule has 0 fully saturated rings. The zero-order valence-corrected chi connectivity index (χ0v) is 14.1. The summed E-state index contributed by atoms with van der Waals surface area (Å²) < 4.78 is 13.2. The summed E-state index contributed by atoms with van der Waals surface area (Å²) in [6.07, 6.45) is 1.26. The molecule has 24 heavy (non-hydrogen) atoms. The van der Waals surface area contributed by atoms with Crippen LogP contribution in [0.3, 0.4) is 0 Å². The smallest absolute Gasteiger partial charge is 0.257 e. The van der Waals surface area contributed by atoms with Crippen LogP contribution in [0.5, 0.6) is 0 Å². The first-order valence-electron chi connectivity index (χ1n) is 7.53. The van der Waals surface area contributed by atoms with Gasteiger partial charge in [-0.3, -0.25) is 10.1 Å². The predicted octanol–water partition coefficient (Wildman–Crippen LogP) is 4.72. The molecule has 4 nitrogen and oxygen atoms in total. The first-order valence-corrected chi connectivity index (χ1v) is 8.35. The van der Waals surface area contributed by atoms with E-state index in [0.29, 0.717) is 5.13 Å². The number of carbonyl (C=O) groups is 1. The molecule has 0 atom stereocenters. The quantitative estimate of drug-likeness (QED) is 0.699. The molecule has 2 aromatic heterocycles. The highest BCUT2D eigenvalue weighted by molar-refractivity contribution is 7.16. The lowest BCUT2D eigenvalue weighted by atomic mass is 10.1. The van der Waals surface area contributed by atoms with Crippen molar-refractivity contribution in [2.45, 2.75) is 19.8 Å². The van der Waals surface area contributed by atoms with Gasteiger partial charge in [-0.25, -0.2) is 9.97 Å². The van der Waals surface area contributed by atoms with Crippen LogP contribution in [0, 0.1) is 5.95 Å². The molecule has 0 radical (unpaired) electrons. The summed E-state index contributed by atoms with van der Waals surface area (Å²) in [6.45, 7) is 4.17. The number of hydrogen-bond acceptors (Lipinski definition) is 4. The minimum Gasteiger partial charge on any atom is -0.298 e. The zero-order valence-electron chi connectivity index (χ0n) is 13.3. The lowest BCUT2D eigenvalue weighted by Gasteiger charge is -2.04. The summed E-state index contributed by atoms with van der Waals surface area (Å²) in [5.41, 5.74) is 2.09. The van der Waals surface area contributed by atoms with Crippen LogP contribution in [0.25, 0.3) is 11.3 Å². The minimum atomic E-state index is -0.686. The predicted molar refractivity (Wildman–Crippen MR) is 93.8 cm³/mol. The molecule has 2 heterocycles. The monoisotopic (exact) mass is 341 g/mol. The number of anilines is 1. The maximum Gasteiger partial charge on any atom is 0.257 e. The Bertz CT molecular complexity index is 862. The van der Waals surface area contributed by atoms with Gasteiger partial charge < -0.3 is 0 Å². The first kappa shape index (κ1) is 16.3. The van der Waals surface area contributed by atoms with Crippen LogP contribution in [0.4, 0.5) is 9.52 Å². The van der Waals surface area contributed by atoms with Crippen molar-refractivity contribution in [3.63, 3.8) is 0 Å². The lowest BCUT2D eigenvalue weighted by molar-refractivity contribution is 0.102. The van der Waals surface area contributed by atoms with Gasteiger partial charge in [0.05, 0.1) is 5.69 Å². The van der Waals surface area contributed by atoms with Gasteiger partial charge in [0.2, 0.25) is 5.95 Å². The van der Waals surface area contributed by atoms with Gasteiger partial charge in [-0.05, 0) is 12.0 Å². The SMILES string of the molecule is CC(C)c1sc(NC(=O)c2ccnc(F)c2)nc1-c1ccccc1. The lowest BCUT2D eigenvalue weighted by Crippen LogP contribution is -2.12. The Morgan fingerprint density at radius 2 is 1.96 bits per heavy atom. The van der Waals surface area contributed by atoms with Gasteiger partial charge in [0.1, 0.15) is 0 Å². The van der Waals surface area contributed by atoms with Crippen molar-refractivity contribution in [2.75, 3.05) is 5.32 Å². The fourth-order valence-electron chi connectivity index (χ4n) is 2.29. The van der Waals surface area contributed by atoms with E-state index in [9.17, 15) is 9.18 Å². The highest BCUT2D eigenvalue weighted by atomic mass is 32.1. The van der Waals surface area contributed by atoms with Gasteiger partial charge in [-0.15, -0.1) is 11.3 Å². The van der Waals surface area contributed by atoms with Crippen molar-refractivity contribution in [1.82, 2.24) is 9.97 Å². The topological polar surface area (TPSA) is 54.9 Å². The largest absolute Gasteiger partial charge is 0.298 e. The number of thiazole rings is 1. The van der Waals surface area contributed by atoms with E-state index in [2.05, 4.69) is 29.1 Å². The Balaban J connectivity index is 1.91. The summed E-state index contributed by atoms with van der Waals surface area (Å²) in [6, 6.07) is 12.4. The van der Waals surface area contributed by atoms with Crippen LogP contribution in [0.15, 0.2) is 48.7 Å². The number of carbonyl (C=O) groups excluding carboxylic acids is 1. The number of rotatable bonds is 4. The fourth-order valence-corrected chi connectivity index (χ4v) is 3.28. The molecule has 0 saturated carbocycles. The van der Waals surface area contributed by atoms with Crippen molar-refractivity contribution in [2.24, 2.45) is 0 Å². The average Bonchev–Trinajstić information content (AvgIpc) is 3.00. The van der Waals surface area contributed by atoms with Crippen LogP contribution in [-0.2, 0) is 0 Å². The van der Waals surface area contributed by atoms with Gasteiger partial charge in [-0.2, -0.15) is 4.39 Å². The molecular weight excluding hydrogens is 325 g/mol. The third kappa shape index (κ3) is 3.49. The Kier molecular flexibility index (Phi) is 4.66. The van der Waals surface area contributed by atoms with Crippen LogP contribution >= 0.6 is 11.3 Å². The highest BCUT2D eigenvalue weighted by Crippen LogP contribution is 2.36. The number of benzene rings is 1. The van der Waals surface area contributed by atoms with E-state index in [1.54, 1.807) is 0 Å². The molecule has 122 valence electrons. The van der Waals surface area contributed by atoms with Gasteiger partial charge in [0.25, 0.3) is 5.91 Å². The number of aromatic nitrogens is 2. The minimum absolute atomic E-state index is 0.213. The van der Waals surface area contributed by atoms with E-state index >= 15 is 0 Å². The van der Waals surface area contributed by atoms with Crippen molar-refractivity contribution >= 4 is 22.4 Å². The fraction of sp³-hybridized carbons (Fsp3) is 0.167. The Hall–Kier alpha value is -2.60. The van der Waals surface area contributed by atoms with E-state index in [1.165, 1.54) is 23.6 Å². The van der Waals surface area contributed by atoms with Crippen molar-refractivity contribution in [3.8, 4) is 11.3 Å². The Labute approximate surface area is 143 Å². The van der Waals surface area contributed by atoms with E-state index in [4.69, 9.17) is 0 Å². The van der Waals surface area contributed by atoms with E-state index < -0.39 is 11.9 Å². The molecule has 3 rings (SSSR count). The number of halogens is 1. The van der Waals surface area contributed by atoms with Gasteiger partial charge in [0.15, 0.2) is 5.13 Å². The number of pyridine rings is 1. The van der Waals surface area contributed by atoms with Crippen molar-refractivity contribution < 1.29 is 9.18 Å². The molecule has 0 spiro atoms. The van der Waals surface area contributed by atoms with Gasteiger partial charge >= 0.3 is 0 Å². The molecule has 0 unspecified atom stereocenters. The molecule has 1 aromatic carbocycles. The van der Waals surface area contributed by atoms with Crippen molar-refractivity contribution in [1.29, 1.82) is 0 Å². The average molecular weight is 341 g/mol. The Morgan fingerprint density at radius 1 is 1.21 bits per heavy atom. The number of hydrogen-bond donors (Lipinski definition) is 1. The number of amides is 1. The van der Waals surface area contributed by atoms with Crippen LogP contribution < -0.4 is 5.32 Å². The molecule has 0 aliphatic heterocycles. The summed E-state index contributed by atoms with van der Waals surface area (Å²) in [5.74, 6) is -0.809. The maximum absolute atomic E-state index is 13.2. The first-order chi connectivity index (χ1) is 11.5. The van der Waals surface area contributed by atoms with Gasteiger partial charge in [-0.1, -0.05) is 44.2 Å². The summed E-state index contributed by atoms with van der Waals surface area (Å²) in [5, 5.41) is 3.24. The molecule has 0 bridgehead atoms. The Morgan fingerprint density at radius 3 is 2.62 bits per heavy atom. The van der Waals surface area contributed by atoms with E-state index in [0.717, 1.165) is 22.2 Å². The molecule has 0 aliphatic rings. The second-order valence-corrected chi connectivity index (χ2v) is 6.60. The molecule has 3 aromatic rings. The maximum atomic E-state index is 13.2. The van der Waals surface area contributed by atoms with Gasteiger partial charge in [0, 0.05) is 28.3 Å². The molecule has 1 amide bonds. The summed E-state index contributed by atoms with van der Waals surface area (Å²) in [4.78, 5) is 21.4. The highest BCUT2D eigenvalue weighted by Gasteiger charge is 2.17.